The minimum Gasteiger partial charge on any atom is -0.352 e. The first kappa shape index (κ1) is 19.7. The van der Waals surface area contributed by atoms with Crippen LogP contribution in [0, 0.1) is 0 Å². The number of pyridine rings is 1. The standard InChI is InChI=1S/C21H21N3O3S/c25-21(23-14-12-17-7-2-1-3-8-17)18-9-6-11-20(15-18)28(26,27)24-16-19-10-4-5-13-22-19/h1-11,13,15,24H,12,14,16H2,(H,23,25). The summed E-state index contributed by atoms with van der Waals surface area (Å²) in [4.78, 5) is 16.5. The number of amides is 1. The summed E-state index contributed by atoms with van der Waals surface area (Å²) in [5.74, 6) is -0.308. The van der Waals surface area contributed by atoms with Gasteiger partial charge in [0, 0.05) is 18.3 Å². The van der Waals surface area contributed by atoms with Crippen LogP contribution in [0.1, 0.15) is 21.6 Å². The number of hydrogen-bond donors (Lipinski definition) is 2. The summed E-state index contributed by atoms with van der Waals surface area (Å²) in [5.41, 5.74) is 2.03. The van der Waals surface area contributed by atoms with Crippen molar-refractivity contribution in [1.82, 2.24) is 15.0 Å². The molecule has 0 saturated carbocycles. The maximum Gasteiger partial charge on any atom is 0.251 e. The van der Waals surface area contributed by atoms with Gasteiger partial charge in [-0.1, -0.05) is 42.5 Å². The van der Waals surface area contributed by atoms with Crippen molar-refractivity contribution < 1.29 is 13.2 Å². The van der Waals surface area contributed by atoms with Gasteiger partial charge in [0.05, 0.1) is 17.1 Å². The molecule has 1 heterocycles. The Morgan fingerprint density at radius 2 is 1.71 bits per heavy atom. The molecule has 0 saturated heterocycles. The molecule has 7 heteroatoms. The van der Waals surface area contributed by atoms with Gasteiger partial charge in [-0.05, 0) is 42.3 Å². The van der Waals surface area contributed by atoms with Crippen molar-refractivity contribution in [3.8, 4) is 0 Å². The highest BCUT2D eigenvalue weighted by Crippen LogP contribution is 2.12. The molecule has 0 spiro atoms. The molecule has 0 aliphatic rings. The molecule has 0 aliphatic carbocycles. The largest absolute Gasteiger partial charge is 0.352 e. The van der Waals surface area contributed by atoms with Gasteiger partial charge in [0.2, 0.25) is 10.0 Å². The molecule has 1 amide bonds. The first-order valence-corrected chi connectivity index (χ1v) is 10.3. The van der Waals surface area contributed by atoms with E-state index in [9.17, 15) is 13.2 Å². The third-order valence-corrected chi connectivity index (χ3v) is 5.52. The number of nitrogens with one attached hydrogen (secondary N) is 2. The van der Waals surface area contributed by atoms with Gasteiger partial charge < -0.3 is 5.32 Å². The van der Waals surface area contributed by atoms with Crippen molar-refractivity contribution in [2.75, 3.05) is 6.54 Å². The molecule has 3 aromatic rings. The Labute approximate surface area is 164 Å². The monoisotopic (exact) mass is 395 g/mol. The van der Waals surface area contributed by atoms with Crippen LogP contribution >= 0.6 is 0 Å². The highest BCUT2D eigenvalue weighted by atomic mass is 32.2. The molecule has 28 heavy (non-hydrogen) atoms. The fraction of sp³-hybridized carbons (Fsp3) is 0.143. The summed E-state index contributed by atoms with van der Waals surface area (Å²) >= 11 is 0. The quantitative estimate of drug-likeness (QED) is 0.613. The first-order chi connectivity index (χ1) is 13.5. The average Bonchev–Trinajstić information content (AvgIpc) is 2.74. The van der Waals surface area contributed by atoms with Crippen molar-refractivity contribution in [1.29, 1.82) is 0 Å². The molecule has 2 aromatic carbocycles. The van der Waals surface area contributed by atoms with Gasteiger partial charge in [-0.15, -0.1) is 0 Å². The van der Waals surface area contributed by atoms with Crippen molar-refractivity contribution in [2.24, 2.45) is 0 Å². The Balaban J connectivity index is 1.61. The van der Waals surface area contributed by atoms with E-state index in [1.165, 1.54) is 12.1 Å². The van der Waals surface area contributed by atoms with Crippen LogP contribution in [0.3, 0.4) is 0 Å². The van der Waals surface area contributed by atoms with E-state index >= 15 is 0 Å². The molecular weight excluding hydrogens is 374 g/mol. The van der Waals surface area contributed by atoms with Crippen molar-refractivity contribution in [3.05, 3.63) is 95.8 Å². The van der Waals surface area contributed by atoms with Gasteiger partial charge in [-0.25, -0.2) is 13.1 Å². The van der Waals surface area contributed by atoms with Crippen LogP contribution in [-0.2, 0) is 23.0 Å². The van der Waals surface area contributed by atoms with Gasteiger partial charge >= 0.3 is 0 Å². The first-order valence-electron chi connectivity index (χ1n) is 8.86. The van der Waals surface area contributed by atoms with Gasteiger partial charge in [0.25, 0.3) is 5.91 Å². The lowest BCUT2D eigenvalue weighted by Crippen LogP contribution is -2.27. The fourth-order valence-electron chi connectivity index (χ4n) is 2.63. The van der Waals surface area contributed by atoms with Gasteiger partial charge in [-0.2, -0.15) is 0 Å². The third kappa shape index (κ3) is 5.48. The van der Waals surface area contributed by atoms with E-state index in [4.69, 9.17) is 0 Å². The van der Waals surface area contributed by atoms with Gasteiger partial charge in [-0.3, -0.25) is 9.78 Å². The van der Waals surface area contributed by atoms with E-state index < -0.39 is 10.0 Å². The number of nitrogens with zero attached hydrogens (tertiary/aromatic N) is 1. The molecule has 0 atom stereocenters. The maximum absolute atomic E-state index is 12.5. The average molecular weight is 395 g/mol. The van der Waals surface area contributed by atoms with E-state index in [1.807, 2.05) is 30.3 Å². The molecule has 0 unspecified atom stereocenters. The summed E-state index contributed by atoms with van der Waals surface area (Å²) in [7, 11) is -3.75. The lowest BCUT2D eigenvalue weighted by molar-refractivity contribution is 0.0954. The van der Waals surface area contributed by atoms with Crippen LogP contribution in [0.15, 0.2) is 83.9 Å². The summed E-state index contributed by atoms with van der Waals surface area (Å²) in [6, 6.07) is 21.1. The Morgan fingerprint density at radius 1 is 0.929 bits per heavy atom. The normalized spacial score (nSPS) is 11.1. The van der Waals surface area contributed by atoms with E-state index in [2.05, 4.69) is 15.0 Å². The Bertz CT molecular complexity index is 1020. The van der Waals surface area contributed by atoms with Crippen LogP contribution in [0.2, 0.25) is 0 Å². The van der Waals surface area contributed by atoms with Crippen molar-refractivity contribution in [2.45, 2.75) is 17.9 Å². The predicted octanol–water partition coefficient (Wildman–Crippen LogP) is 2.53. The zero-order valence-corrected chi connectivity index (χ0v) is 16.0. The molecule has 6 nitrogen and oxygen atoms in total. The predicted molar refractivity (Wildman–Crippen MR) is 107 cm³/mol. The molecule has 3 rings (SSSR count). The van der Waals surface area contributed by atoms with Crippen LogP contribution in [-0.4, -0.2) is 25.9 Å². The summed E-state index contributed by atoms with van der Waals surface area (Å²) in [5, 5.41) is 2.82. The molecule has 0 aliphatic heterocycles. The van der Waals surface area contributed by atoms with Gasteiger partial charge in [0.15, 0.2) is 0 Å². The van der Waals surface area contributed by atoms with Crippen LogP contribution in [0.5, 0.6) is 0 Å². The highest BCUT2D eigenvalue weighted by molar-refractivity contribution is 7.89. The van der Waals surface area contributed by atoms with E-state index in [-0.39, 0.29) is 17.3 Å². The Morgan fingerprint density at radius 3 is 2.46 bits per heavy atom. The molecule has 1 aromatic heterocycles. The zero-order valence-electron chi connectivity index (χ0n) is 15.2. The zero-order chi connectivity index (χ0) is 19.8. The van der Waals surface area contributed by atoms with E-state index in [1.54, 1.807) is 36.5 Å². The number of carbonyl (C=O) groups is 1. The highest BCUT2D eigenvalue weighted by Gasteiger charge is 2.16. The second-order valence-corrected chi connectivity index (χ2v) is 7.93. The molecule has 0 fully saturated rings. The number of benzene rings is 2. The smallest absolute Gasteiger partial charge is 0.251 e. The molecule has 144 valence electrons. The molecule has 0 bridgehead atoms. The summed E-state index contributed by atoms with van der Waals surface area (Å²) in [6.07, 6.45) is 2.31. The maximum atomic E-state index is 12.5. The van der Waals surface area contributed by atoms with Crippen LogP contribution in [0.25, 0.3) is 0 Å². The number of sulfonamides is 1. The van der Waals surface area contributed by atoms with Crippen molar-refractivity contribution >= 4 is 15.9 Å². The van der Waals surface area contributed by atoms with Crippen LogP contribution in [0.4, 0.5) is 0 Å². The second kappa shape index (κ2) is 9.25. The lowest BCUT2D eigenvalue weighted by atomic mass is 10.1. The second-order valence-electron chi connectivity index (χ2n) is 6.16. The number of aromatic nitrogens is 1. The third-order valence-electron chi connectivity index (χ3n) is 4.12. The summed E-state index contributed by atoms with van der Waals surface area (Å²) < 4.78 is 27.5. The minimum absolute atomic E-state index is 0.0409. The Hall–Kier alpha value is -3.03. The summed E-state index contributed by atoms with van der Waals surface area (Å²) in [6.45, 7) is 0.550. The minimum atomic E-state index is -3.75. The number of rotatable bonds is 8. The fourth-order valence-corrected chi connectivity index (χ4v) is 3.67. The van der Waals surface area contributed by atoms with Gasteiger partial charge in [0.1, 0.15) is 0 Å². The SMILES string of the molecule is O=C(NCCc1ccccc1)c1cccc(S(=O)(=O)NCc2ccccn2)c1. The van der Waals surface area contributed by atoms with Crippen molar-refractivity contribution in [3.63, 3.8) is 0 Å². The van der Waals surface area contributed by atoms with Crippen LogP contribution < -0.4 is 10.0 Å². The lowest BCUT2D eigenvalue weighted by Gasteiger charge is -2.09. The number of hydrogen-bond acceptors (Lipinski definition) is 4. The molecular formula is C21H21N3O3S. The topological polar surface area (TPSA) is 88.2 Å². The van der Waals surface area contributed by atoms with E-state index in [0.29, 0.717) is 24.2 Å². The van der Waals surface area contributed by atoms with E-state index in [0.717, 1.165) is 5.56 Å². The molecule has 2 N–H and O–H groups in total. The number of carbonyl (C=O) groups excluding carboxylic acids is 1. The molecule has 0 radical (unpaired) electrons. The Kier molecular flexibility index (Phi) is 6.52.